The molecule has 2 aliphatic rings. The number of halogens is 1. The van der Waals surface area contributed by atoms with Gasteiger partial charge in [-0.1, -0.05) is 23.7 Å². The SMILES string of the molecule is COC(=O)c1[nH]c(C)c(/C(O)=C2\C(=O)C(=O)N(CCCN3CCOCC3)[C@@H]2c2ccc(Cl)cc2)c1C. The van der Waals surface area contributed by atoms with Crippen molar-refractivity contribution in [1.82, 2.24) is 14.8 Å². The number of amides is 1. The van der Waals surface area contributed by atoms with Crippen LogP contribution >= 0.6 is 11.6 Å². The van der Waals surface area contributed by atoms with Crippen molar-refractivity contribution < 1.29 is 29.0 Å². The molecule has 2 aromatic rings. The lowest BCUT2D eigenvalue weighted by atomic mass is 9.94. The highest BCUT2D eigenvalue weighted by Crippen LogP contribution is 2.41. The summed E-state index contributed by atoms with van der Waals surface area (Å²) in [4.78, 5) is 45.4. The van der Waals surface area contributed by atoms with E-state index in [1.165, 1.54) is 12.0 Å². The maximum Gasteiger partial charge on any atom is 0.354 e. The first-order chi connectivity index (χ1) is 17.2. The molecule has 2 N–H and O–H groups in total. The van der Waals surface area contributed by atoms with Crippen LogP contribution < -0.4 is 0 Å². The number of morpholine rings is 1. The van der Waals surface area contributed by atoms with Crippen LogP contribution in [-0.4, -0.2) is 84.1 Å². The third-order valence-corrected chi connectivity index (χ3v) is 7.02. The smallest absolute Gasteiger partial charge is 0.354 e. The molecular formula is C26H30ClN3O6. The molecule has 0 saturated carbocycles. The van der Waals surface area contributed by atoms with Gasteiger partial charge < -0.3 is 24.5 Å². The number of benzene rings is 1. The van der Waals surface area contributed by atoms with Crippen molar-refractivity contribution >= 4 is 35.0 Å². The number of Topliss-reactive ketones (excluding diaryl/α,β-unsaturated/α-hetero) is 1. The van der Waals surface area contributed by atoms with Crippen molar-refractivity contribution in [1.29, 1.82) is 0 Å². The van der Waals surface area contributed by atoms with E-state index in [1.54, 1.807) is 38.1 Å². The molecule has 1 atom stereocenters. The van der Waals surface area contributed by atoms with E-state index in [0.29, 0.717) is 53.6 Å². The number of carbonyl (C=O) groups is 3. The lowest BCUT2D eigenvalue weighted by molar-refractivity contribution is -0.140. The number of rotatable bonds is 7. The van der Waals surface area contributed by atoms with Crippen LogP contribution in [0.5, 0.6) is 0 Å². The quantitative estimate of drug-likeness (QED) is 0.252. The summed E-state index contributed by atoms with van der Waals surface area (Å²) in [6, 6.07) is 6.08. The van der Waals surface area contributed by atoms with Crippen molar-refractivity contribution in [2.24, 2.45) is 0 Å². The van der Waals surface area contributed by atoms with Gasteiger partial charge in [0.05, 0.1) is 31.9 Å². The second-order valence-corrected chi connectivity index (χ2v) is 9.40. The summed E-state index contributed by atoms with van der Waals surface area (Å²) >= 11 is 6.09. The Bertz CT molecular complexity index is 1200. The first-order valence-corrected chi connectivity index (χ1v) is 12.2. The number of esters is 1. The van der Waals surface area contributed by atoms with Gasteiger partial charge in [0.2, 0.25) is 0 Å². The summed E-state index contributed by atoms with van der Waals surface area (Å²) in [6.07, 6.45) is 0.659. The third kappa shape index (κ3) is 4.91. The molecule has 0 aliphatic carbocycles. The fourth-order valence-electron chi connectivity index (χ4n) is 4.94. The largest absolute Gasteiger partial charge is 0.507 e. The number of aliphatic hydroxyl groups is 1. The predicted octanol–water partition coefficient (Wildman–Crippen LogP) is 3.22. The van der Waals surface area contributed by atoms with E-state index >= 15 is 0 Å². The average molecular weight is 516 g/mol. The molecule has 1 amide bonds. The molecule has 0 unspecified atom stereocenters. The molecule has 1 aromatic heterocycles. The van der Waals surface area contributed by atoms with Crippen molar-refractivity contribution in [2.45, 2.75) is 26.3 Å². The normalized spacial score (nSPS) is 20.2. The Labute approximate surface area is 214 Å². The number of aromatic nitrogens is 1. The molecule has 10 heteroatoms. The van der Waals surface area contributed by atoms with Gasteiger partial charge in [0, 0.05) is 42.5 Å². The molecule has 3 heterocycles. The number of likely N-dealkylation sites (tertiary alicyclic amines) is 1. The van der Waals surface area contributed by atoms with Crippen LogP contribution in [0.15, 0.2) is 29.8 Å². The molecule has 0 spiro atoms. The van der Waals surface area contributed by atoms with E-state index in [4.69, 9.17) is 21.1 Å². The first-order valence-electron chi connectivity index (χ1n) is 11.9. The lowest BCUT2D eigenvalue weighted by Crippen LogP contribution is -2.38. The summed E-state index contributed by atoms with van der Waals surface area (Å²) in [5.41, 5.74) is 2.05. The van der Waals surface area contributed by atoms with Crippen molar-refractivity contribution in [2.75, 3.05) is 46.5 Å². The van der Waals surface area contributed by atoms with Gasteiger partial charge in [-0.2, -0.15) is 0 Å². The molecule has 2 saturated heterocycles. The molecular weight excluding hydrogens is 486 g/mol. The van der Waals surface area contributed by atoms with Crippen molar-refractivity contribution in [3.8, 4) is 0 Å². The Morgan fingerprint density at radius 2 is 1.83 bits per heavy atom. The Balaban J connectivity index is 1.74. The van der Waals surface area contributed by atoms with E-state index < -0.39 is 23.7 Å². The van der Waals surface area contributed by atoms with Gasteiger partial charge in [0.25, 0.3) is 11.7 Å². The average Bonchev–Trinajstić information content (AvgIpc) is 3.31. The molecule has 0 radical (unpaired) electrons. The minimum Gasteiger partial charge on any atom is -0.507 e. The summed E-state index contributed by atoms with van der Waals surface area (Å²) < 4.78 is 10.2. The van der Waals surface area contributed by atoms with E-state index in [1.807, 2.05) is 0 Å². The second-order valence-electron chi connectivity index (χ2n) is 8.97. The number of H-pyrrole nitrogens is 1. The molecule has 9 nitrogen and oxygen atoms in total. The van der Waals surface area contributed by atoms with E-state index in [9.17, 15) is 19.5 Å². The second kappa shape index (κ2) is 10.9. The zero-order valence-electron chi connectivity index (χ0n) is 20.6. The van der Waals surface area contributed by atoms with E-state index in [-0.39, 0.29) is 17.0 Å². The van der Waals surface area contributed by atoms with Gasteiger partial charge in [-0.3, -0.25) is 14.5 Å². The van der Waals surface area contributed by atoms with Crippen LogP contribution in [0.2, 0.25) is 5.02 Å². The zero-order valence-corrected chi connectivity index (χ0v) is 21.4. The maximum absolute atomic E-state index is 13.3. The predicted molar refractivity (Wildman–Crippen MR) is 134 cm³/mol. The zero-order chi connectivity index (χ0) is 26.0. The third-order valence-electron chi connectivity index (χ3n) is 6.77. The van der Waals surface area contributed by atoms with Gasteiger partial charge in [-0.25, -0.2) is 4.79 Å². The number of ketones is 1. The lowest BCUT2D eigenvalue weighted by Gasteiger charge is -2.29. The van der Waals surface area contributed by atoms with Crippen LogP contribution in [0.3, 0.4) is 0 Å². The van der Waals surface area contributed by atoms with Crippen LogP contribution in [-0.2, 0) is 19.1 Å². The number of ether oxygens (including phenoxy) is 2. The summed E-state index contributed by atoms with van der Waals surface area (Å²) in [5, 5.41) is 11.9. The number of nitrogens with zero attached hydrogens (tertiary/aromatic N) is 2. The fraction of sp³-hybridized carbons (Fsp3) is 0.423. The summed E-state index contributed by atoms with van der Waals surface area (Å²) in [7, 11) is 1.26. The first kappa shape index (κ1) is 25.9. The Morgan fingerprint density at radius 1 is 1.17 bits per heavy atom. The number of aryl methyl sites for hydroxylation is 1. The Kier molecular flexibility index (Phi) is 7.82. The number of methoxy groups -OCH3 is 1. The van der Waals surface area contributed by atoms with Crippen molar-refractivity contribution in [3.63, 3.8) is 0 Å². The molecule has 4 rings (SSSR count). The monoisotopic (exact) mass is 515 g/mol. The Hall–Kier alpha value is -3.14. The summed E-state index contributed by atoms with van der Waals surface area (Å²) in [5.74, 6) is -2.35. The minimum absolute atomic E-state index is 0.0182. The highest BCUT2D eigenvalue weighted by atomic mass is 35.5. The van der Waals surface area contributed by atoms with Gasteiger partial charge in [-0.15, -0.1) is 0 Å². The number of aliphatic hydroxyl groups excluding tert-OH is 1. The molecule has 192 valence electrons. The van der Waals surface area contributed by atoms with E-state index in [0.717, 1.165) is 19.6 Å². The molecule has 0 bridgehead atoms. The van der Waals surface area contributed by atoms with Crippen LogP contribution in [0.25, 0.3) is 5.76 Å². The fourth-order valence-corrected chi connectivity index (χ4v) is 5.06. The Morgan fingerprint density at radius 3 is 2.47 bits per heavy atom. The van der Waals surface area contributed by atoms with Gasteiger partial charge >= 0.3 is 5.97 Å². The van der Waals surface area contributed by atoms with Gasteiger partial charge in [0.1, 0.15) is 11.5 Å². The number of aromatic amines is 1. The van der Waals surface area contributed by atoms with Crippen LogP contribution in [0, 0.1) is 13.8 Å². The number of hydrogen-bond donors (Lipinski definition) is 2. The van der Waals surface area contributed by atoms with Gasteiger partial charge in [-0.05, 0) is 43.5 Å². The minimum atomic E-state index is -0.790. The molecule has 1 aromatic carbocycles. The van der Waals surface area contributed by atoms with Gasteiger partial charge in [0.15, 0.2) is 0 Å². The van der Waals surface area contributed by atoms with Crippen molar-refractivity contribution in [3.05, 3.63) is 62.9 Å². The summed E-state index contributed by atoms with van der Waals surface area (Å²) in [6.45, 7) is 7.45. The number of nitrogens with one attached hydrogen (secondary N) is 1. The standard InChI is InChI=1S/C26H30ClN3O6/c1-15-19(16(2)28-21(15)26(34)35-3)23(31)20-22(17-5-7-18(27)8-6-17)30(25(33)24(20)32)10-4-9-29-11-13-36-14-12-29/h5-8,22,28,31H,4,9-14H2,1-3H3/b23-20+/t22-/m1/s1. The van der Waals surface area contributed by atoms with E-state index in [2.05, 4.69) is 9.88 Å². The molecule has 2 aliphatic heterocycles. The van der Waals surface area contributed by atoms with Crippen LogP contribution in [0.1, 0.15) is 45.3 Å². The molecule has 36 heavy (non-hydrogen) atoms. The number of hydrogen-bond acceptors (Lipinski definition) is 7. The maximum atomic E-state index is 13.3. The highest BCUT2D eigenvalue weighted by molar-refractivity contribution is 6.46. The topological polar surface area (TPSA) is 112 Å². The highest BCUT2D eigenvalue weighted by Gasteiger charge is 2.46. The molecule has 2 fully saturated rings. The van der Waals surface area contributed by atoms with Crippen LogP contribution in [0.4, 0.5) is 0 Å². The number of carbonyl (C=O) groups excluding carboxylic acids is 3.